The number of fused-ring (bicyclic) bond motifs is 1. The van der Waals surface area contributed by atoms with Crippen molar-refractivity contribution in [3.63, 3.8) is 0 Å². The Balaban J connectivity index is 1.97. The molecule has 4 N–H and O–H groups in total. The molecule has 0 saturated heterocycles. The molecule has 3 rings (SSSR count). The van der Waals surface area contributed by atoms with Gasteiger partial charge in [-0.1, -0.05) is 0 Å². The molecule has 0 aliphatic heterocycles. The van der Waals surface area contributed by atoms with Crippen LogP contribution in [0.1, 0.15) is 10.4 Å². The van der Waals surface area contributed by atoms with Crippen LogP contribution in [0.25, 0.3) is 10.2 Å². The fourth-order valence-corrected chi connectivity index (χ4v) is 2.60. The van der Waals surface area contributed by atoms with Crippen LogP contribution < -0.4 is 11.1 Å². The Kier molecular flexibility index (Phi) is 3.00. The van der Waals surface area contributed by atoms with Crippen molar-refractivity contribution in [3.05, 3.63) is 47.5 Å². The van der Waals surface area contributed by atoms with Crippen LogP contribution in [0.2, 0.25) is 0 Å². The fraction of sp³-hybridized carbons (Fsp3) is 0. The zero-order chi connectivity index (χ0) is 14.1. The molecule has 0 fully saturated rings. The third kappa shape index (κ3) is 2.28. The molecule has 1 aromatic heterocycles. The Morgan fingerprint density at radius 2 is 2.10 bits per heavy atom. The molecule has 0 aliphatic carbocycles. The number of hydrogen-bond acceptors (Lipinski definition) is 5. The summed E-state index contributed by atoms with van der Waals surface area (Å²) in [4.78, 5) is 15.2. The average Bonchev–Trinajstić information content (AvgIpc) is 2.88. The Labute approximate surface area is 118 Å². The van der Waals surface area contributed by atoms with Crippen LogP contribution in [-0.2, 0) is 0 Å². The van der Waals surface area contributed by atoms with Gasteiger partial charge in [0.1, 0.15) is 0 Å². The van der Waals surface area contributed by atoms with E-state index in [1.54, 1.807) is 22.9 Å². The molecule has 0 unspecified atom stereocenters. The number of benzene rings is 2. The highest BCUT2D eigenvalue weighted by Gasteiger charge is 2.07. The summed E-state index contributed by atoms with van der Waals surface area (Å²) in [6.45, 7) is 0. The molecule has 0 bridgehead atoms. The van der Waals surface area contributed by atoms with Gasteiger partial charge in [0.05, 0.1) is 32.7 Å². The minimum atomic E-state index is -0.981. The summed E-state index contributed by atoms with van der Waals surface area (Å²) in [6, 6.07) is 10.3. The summed E-state index contributed by atoms with van der Waals surface area (Å²) in [5.41, 5.74) is 10.7. The molecule has 2 aromatic carbocycles. The predicted octanol–water partition coefficient (Wildman–Crippen LogP) is 3.32. The summed E-state index contributed by atoms with van der Waals surface area (Å²) in [5, 5.41) is 12.1. The molecule has 0 atom stereocenters. The van der Waals surface area contributed by atoms with Gasteiger partial charge in [-0.15, -0.1) is 11.3 Å². The van der Waals surface area contributed by atoms with Crippen LogP contribution in [-0.4, -0.2) is 16.1 Å². The molecule has 0 amide bonds. The highest BCUT2D eigenvalue weighted by molar-refractivity contribution is 7.16. The fourth-order valence-electron chi connectivity index (χ4n) is 1.89. The van der Waals surface area contributed by atoms with E-state index in [9.17, 15) is 4.79 Å². The topological polar surface area (TPSA) is 88.2 Å². The van der Waals surface area contributed by atoms with E-state index >= 15 is 0 Å². The molecule has 6 heteroatoms. The van der Waals surface area contributed by atoms with E-state index in [2.05, 4.69) is 10.3 Å². The van der Waals surface area contributed by atoms with Crippen LogP contribution in [0, 0.1) is 0 Å². The second-order valence-electron chi connectivity index (χ2n) is 4.27. The molecule has 0 aliphatic rings. The molecule has 1 heterocycles. The largest absolute Gasteiger partial charge is 0.478 e. The third-order valence-corrected chi connectivity index (χ3v) is 3.70. The summed E-state index contributed by atoms with van der Waals surface area (Å²) >= 11 is 1.55. The monoisotopic (exact) mass is 285 g/mol. The second-order valence-corrected chi connectivity index (χ2v) is 5.15. The summed E-state index contributed by atoms with van der Waals surface area (Å²) in [7, 11) is 0. The second kappa shape index (κ2) is 4.82. The van der Waals surface area contributed by atoms with Crippen LogP contribution >= 0.6 is 11.3 Å². The highest BCUT2D eigenvalue weighted by atomic mass is 32.1. The van der Waals surface area contributed by atoms with Crippen LogP contribution in [0.4, 0.5) is 17.1 Å². The number of nitrogen functional groups attached to an aromatic ring is 1. The van der Waals surface area contributed by atoms with E-state index in [4.69, 9.17) is 10.8 Å². The van der Waals surface area contributed by atoms with Crippen LogP contribution in [0.15, 0.2) is 41.9 Å². The molecule has 20 heavy (non-hydrogen) atoms. The van der Waals surface area contributed by atoms with Gasteiger partial charge in [-0.3, -0.25) is 0 Å². The van der Waals surface area contributed by atoms with Crippen LogP contribution in [0.3, 0.4) is 0 Å². The number of thiazole rings is 1. The minimum Gasteiger partial charge on any atom is -0.478 e. The zero-order valence-electron chi connectivity index (χ0n) is 10.3. The molecule has 0 radical (unpaired) electrons. The lowest BCUT2D eigenvalue weighted by Gasteiger charge is -2.10. The van der Waals surface area contributed by atoms with E-state index in [0.29, 0.717) is 11.4 Å². The number of anilines is 3. The predicted molar refractivity (Wildman–Crippen MR) is 80.7 cm³/mol. The standard InChI is InChI=1S/C14H11N3O2S/c15-10-3-1-8(14(18)19)5-12(10)17-9-2-4-11-13(6-9)20-7-16-11/h1-7,17H,15H2,(H,18,19). The third-order valence-electron chi connectivity index (χ3n) is 2.91. The first-order valence-corrected chi connectivity index (χ1v) is 6.74. The normalized spacial score (nSPS) is 10.6. The van der Waals surface area contributed by atoms with Gasteiger partial charge in [0.2, 0.25) is 0 Å². The van der Waals surface area contributed by atoms with E-state index in [-0.39, 0.29) is 5.56 Å². The van der Waals surface area contributed by atoms with Crippen molar-refractivity contribution in [1.29, 1.82) is 0 Å². The van der Waals surface area contributed by atoms with Crippen molar-refractivity contribution in [2.45, 2.75) is 0 Å². The number of carboxylic acids is 1. The lowest BCUT2D eigenvalue weighted by Crippen LogP contribution is -2.01. The maximum Gasteiger partial charge on any atom is 0.335 e. The first-order chi connectivity index (χ1) is 9.63. The van der Waals surface area contributed by atoms with Gasteiger partial charge >= 0.3 is 5.97 Å². The van der Waals surface area contributed by atoms with Gasteiger partial charge in [-0.05, 0) is 36.4 Å². The molecular weight excluding hydrogens is 274 g/mol. The van der Waals surface area contributed by atoms with Crippen molar-refractivity contribution < 1.29 is 9.90 Å². The summed E-state index contributed by atoms with van der Waals surface area (Å²) in [5.74, 6) is -0.981. The Hall–Kier alpha value is -2.60. The first-order valence-electron chi connectivity index (χ1n) is 5.86. The quantitative estimate of drug-likeness (QED) is 0.642. The van der Waals surface area contributed by atoms with E-state index in [1.165, 1.54) is 12.1 Å². The Morgan fingerprint density at radius 1 is 1.25 bits per heavy atom. The zero-order valence-corrected chi connectivity index (χ0v) is 11.1. The Bertz CT molecular complexity index is 798. The van der Waals surface area contributed by atoms with Crippen molar-refractivity contribution in [2.75, 3.05) is 11.1 Å². The van der Waals surface area contributed by atoms with Gasteiger partial charge in [-0.2, -0.15) is 0 Å². The van der Waals surface area contributed by atoms with Crippen molar-refractivity contribution in [2.24, 2.45) is 0 Å². The summed E-state index contributed by atoms with van der Waals surface area (Å²) < 4.78 is 1.06. The lowest BCUT2D eigenvalue weighted by molar-refractivity contribution is 0.0697. The number of nitrogens with one attached hydrogen (secondary N) is 1. The minimum absolute atomic E-state index is 0.195. The molecule has 100 valence electrons. The van der Waals surface area contributed by atoms with E-state index in [0.717, 1.165) is 15.9 Å². The number of hydrogen-bond donors (Lipinski definition) is 3. The number of aromatic carboxylic acids is 1. The van der Waals surface area contributed by atoms with Gasteiger partial charge in [0, 0.05) is 5.69 Å². The number of carbonyl (C=O) groups is 1. The highest BCUT2D eigenvalue weighted by Crippen LogP contribution is 2.27. The number of aromatic nitrogens is 1. The maximum absolute atomic E-state index is 11.0. The molecule has 5 nitrogen and oxygen atoms in total. The van der Waals surface area contributed by atoms with Crippen molar-refractivity contribution in [3.8, 4) is 0 Å². The Morgan fingerprint density at radius 3 is 2.90 bits per heavy atom. The van der Waals surface area contributed by atoms with Crippen molar-refractivity contribution in [1.82, 2.24) is 4.98 Å². The average molecular weight is 285 g/mol. The molecule has 0 spiro atoms. The number of nitrogens with two attached hydrogens (primary N) is 1. The number of carboxylic acid groups (broad SMARTS) is 1. The van der Waals surface area contributed by atoms with Gasteiger partial charge in [0.25, 0.3) is 0 Å². The molecule has 3 aromatic rings. The number of rotatable bonds is 3. The summed E-state index contributed by atoms with van der Waals surface area (Å²) in [6.07, 6.45) is 0. The van der Waals surface area contributed by atoms with Gasteiger partial charge in [-0.25, -0.2) is 9.78 Å². The van der Waals surface area contributed by atoms with E-state index < -0.39 is 5.97 Å². The molecule has 0 saturated carbocycles. The van der Waals surface area contributed by atoms with Gasteiger partial charge in [0.15, 0.2) is 0 Å². The molecular formula is C14H11N3O2S. The first kappa shape index (κ1) is 12.4. The number of nitrogens with zero attached hydrogens (tertiary/aromatic N) is 1. The maximum atomic E-state index is 11.0. The van der Waals surface area contributed by atoms with Gasteiger partial charge < -0.3 is 16.2 Å². The lowest BCUT2D eigenvalue weighted by atomic mass is 10.1. The van der Waals surface area contributed by atoms with Crippen LogP contribution in [0.5, 0.6) is 0 Å². The smallest absolute Gasteiger partial charge is 0.335 e. The van der Waals surface area contributed by atoms with E-state index in [1.807, 2.05) is 18.2 Å². The van der Waals surface area contributed by atoms with Crippen molar-refractivity contribution >= 4 is 44.6 Å². The SMILES string of the molecule is Nc1ccc(C(=O)O)cc1Nc1ccc2ncsc2c1.